The molecule has 0 saturated heterocycles. The number of carbonyl (C=O) groups excluding carboxylic acids is 1. The van der Waals surface area contributed by atoms with Crippen molar-refractivity contribution in [3.8, 4) is 0 Å². The number of benzene rings is 2. The fourth-order valence-electron chi connectivity index (χ4n) is 4.40. The van der Waals surface area contributed by atoms with Gasteiger partial charge in [-0.1, -0.05) is 37.3 Å². The van der Waals surface area contributed by atoms with E-state index in [1.54, 1.807) is 6.92 Å². The molecule has 3 rings (SSSR count). The van der Waals surface area contributed by atoms with E-state index in [9.17, 15) is 13.4 Å². The van der Waals surface area contributed by atoms with Crippen LogP contribution in [0.15, 0.2) is 42.5 Å². The summed E-state index contributed by atoms with van der Waals surface area (Å²) in [6, 6.07) is 13.4. The van der Waals surface area contributed by atoms with E-state index >= 15 is 0 Å². The summed E-state index contributed by atoms with van der Waals surface area (Å²) >= 11 is 0. The van der Waals surface area contributed by atoms with Crippen molar-refractivity contribution in [2.75, 3.05) is 12.3 Å². The molecule has 31 heavy (non-hydrogen) atoms. The molecule has 1 aliphatic rings. The van der Waals surface area contributed by atoms with E-state index in [1.807, 2.05) is 19.1 Å². The van der Waals surface area contributed by atoms with Gasteiger partial charge in [0.2, 0.25) is 5.91 Å². The molecule has 3 unspecified atom stereocenters. The standard InChI is InChI=1S/C25H33FN2O2S/c1-3-15-31(30)27-14-4-5-19-6-9-21-10-13-25(28-18(2)29)24(23(21)16-19)17-20-7-11-22(26)12-8-20/h6-9,11-12,16,24-25,27H,3-5,10,13-15,17H2,1-2H3,(H,28,29). The number of halogens is 1. The average molecular weight is 445 g/mol. The van der Waals surface area contributed by atoms with Crippen LogP contribution in [0.25, 0.3) is 0 Å². The fourth-order valence-corrected chi connectivity index (χ4v) is 5.29. The molecule has 168 valence electrons. The third-order valence-corrected chi connectivity index (χ3v) is 7.18. The Morgan fingerprint density at radius 2 is 1.90 bits per heavy atom. The van der Waals surface area contributed by atoms with E-state index in [4.69, 9.17) is 0 Å². The SMILES string of the molecule is CCCS(=O)NCCCc1ccc2c(c1)C(Cc1ccc(F)cc1)C(NC(C)=O)CC2. The van der Waals surface area contributed by atoms with Crippen molar-refractivity contribution in [2.45, 2.75) is 64.3 Å². The number of rotatable bonds is 10. The highest BCUT2D eigenvalue weighted by Crippen LogP contribution is 2.35. The molecule has 0 aromatic heterocycles. The predicted octanol–water partition coefficient (Wildman–Crippen LogP) is 4.20. The summed E-state index contributed by atoms with van der Waals surface area (Å²) in [7, 11) is -0.937. The molecule has 0 radical (unpaired) electrons. The second kappa shape index (κ2) is 11.5. The molecule has 4 nitrogen and oxygen atoms in total. The van der Waals surface area contributed by atoms with Crippen LogP contribution in [0.1, 0.15) is 61.3 Å². The highest BCUT2D eigenvalue weighted by atomic mass is 32.2. The van der Waals surface area contributed by atoms with Crippen molar-refractivity contribution in [3.63, 3.8) is 0 Å². The third-order valence-electron chi connectivity index (χ3n) is 5.87. The minimum atomic E-state index is -0.937. The lowest BCUT2D eigenvalue weighted by atomic mass is 9.75. The van der Waals surface area contributed by atoms with Gasteiger partial charge in [-0.05, 0) is 72.9 Å². The average Bonchev–Trinajstić information content (AvgIpc) is 2.74. The van der Waals surface area contributed by atoms with Gasteiger partial charge in [-0.15, -0.1) is 0 Å². The summed E-state index contributed by atoms with van der Waals surface area (Å²) in [4.78, 5) is 11.8. The Hall–Kier alpha value is -2.05. The Morgan fingerprint density at radius 3 is 2.61 bits per heavy atom. The van der Waals surface area contributed by atoms with Crippen LogP contribution < -0.4 is 10.0 Å². The smallest absolute Gasteiger partial charge is 0.217 e. The zero-order valence-electron chi connectivity index (χ0n) is 18.5. The van der Waals surface area contributed by atoms with Crippen molar-refractivity contribution in [3.05, 3.63) is 70.5 Å². The number of amides is 1. The first-order chi connectivity index (χ1) is 15.0. The van der Waals surface area contributed by atoms with E-state index in [1.165, 1.54) is 28.8 Å². The summed E-state index contributed by atoms with van der Waals surface area (Å²) < 4.78 is 28.2. The highest BCUT2D eigenvalue weighted by Gasteiger charge is 2.30. The monoisotopic (exact) mass is 444 g/mol. The number of hydrogen-bond acceptors (Lipinski definition) is 2. The van der Waals surface area contributed by atoms with Crippen LogP contribution in [0.2, 0.25) is 0 Å². The van der Waals surface area contributed by atoms with E-state index in [-0.39, 0.29) is 23.7 Å². The molecular weight excluding hydrogens is 411 g/mol. The summed E-state index contributed by atoms with van der Waals surface area (Å²) in [6.07, 6.45) is 5.36. The normalized spacial score (nSPS) is 18.9. The molecule has 1 aliphatic carbocycles. The van der Waals surface area contributed by atoms with Gasteiger partial charge in [0, 0.05) is 31.2 Å². The Morgan fingerprint density at radius 1 is 1.16 bits per heavy atom. The molecule has 0 fully saturated rings. The maximum absolute atomic E-state index is 13.4. The molecule has 0 bridgehead atoms. The predicted molar refractivity (Wildman–Crippen MR) is 125 cm³/mol. The topological polar surface area (TPSA) is 58.2 Å². The number of hydrogen-bond donors (Lipinski definition) is 2. The van der Waals surface area contributed by atoms with Gasteiger partial charge < -0.3 is 5.32 Å². The quantitative estimate of drug-likeness (QED) is 0.540. The van der Waals surface area contributed by atoms with Crippen molar-refractivity contribution in [2.24, 2.45) is 0 Å². The van der Waals surface area contributed by atoms with Crippen molar-refractivity contribution < 1.29 is 13.4 Å². The molecule has 0 aliphatic heterocycles. The second-order valence-corrected chi connectivity index (χ2v) is 9.75. The molecule has 0 heterocycles. The van der Waals surface area contributed by atoms with Crippen molar-refractivity contribution >= 4 is 16.9 Å². The maximum atomic E-state index is 13.4. The number of nitrogens with one attached hydrogen (secondary N) is 2. The van der Waals surface area contributed by atoms with Gasteiger partial charge in [-0.3, -0.25) is 4.79 Å². The molecule has 2 aromatic rings. The lowest BCUT2D eigenvalue weighted by Gasteiger charge is -2.34. The van der Waals surface area contributed by atoms with Crippen LogP contribution in [-0.4, -0.2) is 28.5 Å². The zero-order valence-corrected chi connectivity index (χ0v) is 19.3. The van der Waals surface area contributed by atoms with Crippen LogP contribution in [0.3, 0.4) is 0 Å². The number of carbonyl (C=O) groups is 1. The summed E-state index contributed by atoms with van der Waals surface area (Å²) in [5, 5.41) is 3.14. The van der Waals surface area contributed by atoms with E-state index in [2.05, 4.69) is 28.2 Å². The van der Waals surface area contributed by atoms with Crippen LogP contribution in [0, 0.1) is 5.82 Å². The highest BCUT2D eigenvalue weighted by molar-refractivity contribution is 7.83. The van der Waals surface area contributed by atoms with Gasteiger partial charge in [0.15, 0.2) is 0 Å². The van der Waals surface area contributed by atoms with Gasteiger partial charge in [0.25, 0.3) is 0 Å². The summed E-state index contributed by atoms with van der Waals surface area (Å²) in [5.41, 5.74) is 4.95. The molecule has 6 heteroatoms. The molecule has 1 amide bonds. The fraction of sp³-hybridized carbons (Fsp3) is 0.480. The van der Waals surface area contributed by atoms with E-state index in [0.717, 1.165) is 50.6 Å². The number of aryl methyl sites for hydroxylation is 2. The van der Waals surface area contributed by atoms with E-state index < -0.39 is 11.0 Å². The molecule has 2 aromatic carbocycles. The van der Waals surface area contributed by atoms with Gasteiger partial charge in [-0.25, -0.2) is 13.3 Å². The van der Waals surface area contributed by atoms with Crippen LogP contribution in [0.5, 0.6) is 0 Å². The van der Waals surface area contributed by atoms with Crippen molar-refractivity contribution in [1.29, 1.82) is 0 Å². The first kappa shape index (κ1) is 23.6. The summed E-state index contributed by atoms with van der Waals surface area (Å²) in [5.74, 6) is 0.601. The van der Waals surface area contributed by atoms with Gasteiger partial charge in [0.1, 0.15) is 5.82 Å². The van der Waals surface area contributed by atoms with Gasteiger partial charge in [-0.2, -0.15) is 0 Å². The first-order valence-corrected chi connectivity index (χ1v) is 12.5. The van der Waals surface area contributed by atoms with Crippen LogP contribution >= 0.6 is 0 Å². The molecule has 0 spiro atoms. The van der Waals surface area contributed by atoms with Crippen molar-refractivity contribution in [1.82, 2.24) is 10.0 Å². The lowest BCUT2D eigenvalue weighted by Crippen LogP contribution is -2.41. The Bertz CT molecular complexity index is 901. The maximum Gasteiger partial charge on any atom is 0.217 e. The van der Waals surface area contributed by atoms with Crippen LogP contribution in [0.4, 0.5) is 4.39 Å². The van der Waals surface area contributed by atoms with E-state index in [0.29, 0.717) is 5.75 Å². The first-order valence-electron chi connectivity index (χ1n) is 11.2. The minimum Gasteiger partial charge on any atom is -0.353 e. The number of fused-ring (bicyclic) bond motifs is 1. The largest absolute Gasteiger partial charge is 0.353 e. The second-order valence-electron chi connectivity index (χ2n) is 8.36. The molecule has 0 saturated carbocycles. The Labute approximate surface area is 187 Å². The molecule has 2 N–H and O–H groups in total. The van der Waals surface area contributed by atoms with Gasteiger partial charge >= 0.3 is 0 Å². The third kappa shape index (κ3) is 6.97. The molecular formula is C25H33FN2O2S. The van der Waals surface area contributed by atoms with Gasteiger partial charge in [0.05, 0.1) is 11.0 Å². The Balaban J connectivity index is 1.74. The molecule has 3 atom stereocenters. The Kier molecular flexibility index (Phi) is 8.79. The minimum absolute atomic E-state index is 0.0140. The lowest BCUT2D eigenvalue weighted by molar-refractivity contribution is -0.119. The summed E-state index contributed by atoms with van der Waals surface area (Å²) in [6.45, 7) is 4.33. The van der Waals surface area contributed by atoms with Crippen LogP contribution in [-0.2, 0) is 35.0 Å². The zero-order chi connectivity index (χ0) is 22.2.